The van der Waals surface area contributed by atoms with Crippen LogP contribution in [0, 0.1) is 5.82 Å². The standard InChI is InChI=1S/C15H15FN2/c16-13-2-1-12(10-18-14-3-4-14)15(9-13)11-5-7-17-8-6-11/h1-2,5-9,14,18H,3-4,10H2. The van der Waals surface area contributed by atoms with E-state index < -0.39 is 0 Å². The van der Waals surface area contributed by atoms with Gasteiger partial charge in [-0.3, -0.25) is 4.98 Å². The monoisotopic (exact) mass is 242 g/mol. The first kappa shape index (κ1) is 11.4. The highest BCUT2D eigenvalue weighted by atomic mass is 19.1. The van der Waals surface area contributed by atoms with Crippen LogP contribution in [0.25, 0.3) is 11.1 Å². The number of nitrogens with zero attached hydrogens (tertiary/aromatic N) is 1. The second-order valence-electron chi connectivity index (χ2n) is 4.69. The summed E-state index contributed by atoms with van der Waals surface area (Å²) in [6.45, 7) is 0.794. The molecular weight excluding hydrogens is 227 g/mol. The van der Waals surface area contributed by atoms with Gasteiger partial charge in [0.25, 0.3) is 0 Å². The number of nitrogens with one attached hydrogen (secondary N) is 1. The minimum absolute atomic E-state index is 0.197. The maximum Gasteiger partial charge on any atom is 0.123 e. The van der Waals surface area contributed by atoms with Crippen LogP contribution >= 0.6 is 0 Å². The van der Waals surface area contributed by atoms with Gasteiger partial charge in [0.15, 0.2) is 0 Å². The Bertz CT molecular complexity index is 535. The summed E-state index contributed by atoms with van der Waals surface area (Å²) in [5.41, 5.74) is 3.09. The Balaban J connectivity index is 1.92. The first-order valence-corrected chi connectivity index (χ1v) is 6.25. The van der Waals surface area contributed by atoms with Crippen molar-refractivity contribution in [2.24, 2.45) is 0 Å². The Morgan fingerprint density at radius 1 is 1.17 bits per heavy atom. The van der Waals surface area contributed by atoms with Gasteiger partial charge in [0, 0.05) is 25.0 Å². The topological polar surface area (TPSA) is 24.9 Å². The van der Waals surface area contributed by atoms with Crippen LogP contribution in [0.15, 0.2) is 42.7 Å². The minimum Gasteiger partial charge on any atom is -0.310 e. The lowest BCUT2D eigenvalue weighted by atomic mass is 10.0. The number of halogens is 1. The van der Waals surface area contributed by atoms with Crippen molar-refractivity contribution in [3.05, 3.63) is 54.1 Å². The molecule has 3 heteroatoms. The van der Waals surface area contributed by atoms with Gasteiger partial charge in [-0.05, 0) is 53.8 Å². The normalized spacial score (nSPS) is 14.7. The van der Waals surface area contributed by atoms with Crippen molar-refractivity contribution >= 4 is 0 Å². The molecule has 2 aromatic rings. The van der Waals surface area contributed by atoms with Gasteiger partial charge in [-0.2, -0.15) is 0 Å². The molecule has 1 N–H and O–H groups in total. The SMILES string of the molecule is Fc1ccc(CNC2CC2)c(-c2ccncc2)c1. The van der Waals surface area contributed by atoms with Gasteiger partial charge in [0.1, 0.15) is 5.82 Å². The van der Waals surface area contributed by atoms with Gasteiger partial charge >= 0.3 is 0 Å². The molecular formula is C15H15FN2. The number of hydrogen-bond acceptors (Lipinski definition) is 2. The van der Waals surface area contributed by atoms with E-state index in [1.54, 1.807) is 18.5 Å². The van der Waals surface area contributed by atoms with E-state index in [2.05, 4.69) is 10.3 Å². The van der Waals surface area contributed by atoms with Gasteiger partial charge in [-0.1, -0.05) is 6.07 Å². The lowest BCUT2D eigenvalue weighted by Gasteiger charge is -2.10. The van der Waals surface area contributed by atoms with Gasteiger partial charge in [-0.25, -0.2) is 4.39 Å². The number of hydrogen-bond donors (Lipinski definition) is 1. The third kappa shape index (κ3) is 2.57. The fraction of sp³-hybridized carbons (Fsp3) is 0.267. The summed E-state index contributed by atoms with van der Waals surface area (Å²) >= 11 is 0. The molecule has 1 saturated carbocycles. The summed E-state index contributed by atoms with van der Waals surface area (Å²) in [5.74, 6) is -0.197. The van der Waals surface area contributed by atoms with E-state index in [-0.39, 0.29) is 5.82 Å². The van der Waals surface area contributed by atoms with Crippen LogP contribution in [0.2, 0.25) is 0 Å². The molecule has 1 aliphatic rings. The zero-order valence-electron chi connectivity index (χ0n) is 10.1. The van der Waals surface area contributed by atoms with E-state index in [0.29, 0.717) is 6.04 Å². The highest BCUT2D eigenvalue weighted by Gasteiger charge is 2.20. The third-order valence-electron chi connectivity index (χ3n) is 3.22. The zero-order chi connectivity index (χ0) is 12.4. The van der Waals surface area contributed by atoms with Crippen molar-refractivity contribution in [1.82, 2.24) is 10.3 Å². The Morgan fingerprint density at radius 3 is 2.67 bits per heavy atom. The molecule has 1 aromatic heterocycles. The molecule has 0 atom stereocenters. The van der Waals surface area contributed by atoms with Gasteiger partial charge in [0.2, 0.25) is 0 Å². The maximum atomic E-state index is 13.4. The molecule has 2 nitrogen and oxygen atoms in total. The van der Waals surface area contributed by atoms with Crippen molar-refractivity contribution in [3.63, 3.8) is 0 Å². The fourth-order valence-electron chi connectivity index (χ4n) is 2.04. The van der Waals surface area contributed by atoms with Crippen LogP contribution in [0.5, 0.6) is 0 Å². The maximum absolute atomic E-state index is 13.4. The highest BCUT2D eigenvalue weighted by molar-refractivity contribution is 5.66. The first-order chi connectivity index (χ1) is 8.83. The molecule has 0 unspecified atom stereocenters. The number of aromatic nitrogens is 1. The van der Waals surface area contributed by atoms with E-state index >= 15 is 0 Å². The molecule has 0 spiro atoms. The summed E-state index contributed by atoms with van der Waals surface area (Å²) in [7, 11) is 0. The molecule has 0 radical (unpaired) electrons. The minimum atomic E-state index is -0.197. The molecule has 1 fully saturated rings. The van der Waals surface area contributed by atoms with E-state index in [9.17, 15) is 4.39 Å². The second kappa shape index (κ2) is 4.86. The van der Waals surface area contributed by atoms with Crippen LogP contribution in [0.1, 0.15) is 18.4 Å². The van der Waals surface area contributed by atoms with Gasteiger partial charge < -0.3 is 5.32 Å². The van der Waals surface area contributed by atoms with Gasteiger partial charge in [-0.15, -0.1) is 0 Å². The first-order valence-electron chi connectivity index (χ1n) is 6.25. The predicted octanol–water partition coefficient (Wildman–Crippen LogP) is 3.14. The van der Waals surface area contributed by atoms with E-state index in [4.69, 9.17) is 0 Å². The molecule has 0 amide bonds. The van der Waals surface area contributed by atoms with E-state index in [1.165, 1.54) is 18.9 Å². The Kier molecular flexibility index (Phi) is 3.07. The quantitative estimate of drug-likeness (QED) is 0.891. The zero-order valence-corrected chi connectivity index (χ0v) is 10.1. The third-order valence-corrected chi connectivity index (χ3v) is 3.22. The number of rotatable bonds is 4. The summed E-state index contributed by atoms with van der Waals surface area (Å²) in [4.78, 5) is 4.00. The lowest BCUT2D eigenvalue weighted by Crippen LogP contribution is -2.15. The van der Waals surface area contributed by atoms with E-state index in [0.717, 1.165) is 23.2 Å². The van der Waals surface area contributed by atoms with Crippen LogP contribution in [-0.2, 0) is 6.54 Å². The van der Waals surface area contributed by atoms with Crippen molar-refractivity contribution in [3.8, 4) is 11.1 Å². The van der Waals surface area contributed by atoms with Crippen LogP contribution in [0.3, 0.4) is 0 Å². The molecule has 0 bridgehead atoms. The molecule has 0 saturated heterocycles. The van der Waals surface area contributed by atoms with Gasteiger partial charge in [0.05, 0.1) is 0 Å². The van der Waals surface area contributed by atoms with Crippen molar-refractivity contribution in [2.75, 3.05) is 0 Å². The van der Waals surface area contributed by atoms with Crippen molar-refractivity contribution in [2.45, 2.75) is 25.4 Å². The number of pyridine rings is 1. The largest absolute Gasteiger partial charge is 0.310 e. The molecule has 1 aliphatic carbocycles. The Hall–Kier alpha value is -1.74. The smallest absolute Gasteiger partial charge is 0.123 e. The van der Waals surface area contributed by atoms with E-state index in [1.807, 2.05) is 18.2 Å². The molecule has 1 heterocycles. The average molecular weight is 242 g/mol. The molecule has 1 aromatic carbocycles. The van der Waals surface area contributed by atoms with Crippen LogP contribution in [0.4, 0.5) is 4.39 Å². The Labute approximate surface area is 106 Å². The number of benzene rings is 1. The summed E-state index contributed by atoms with van der Waals surface area (Å²) in [6.07, 6.45) is 5.98. The summed E-state index contributed by atoms with van der Waals surface area (Å²) in [6, 6.07) is 9.46. The molecule has 18 heavy (non-hydrogen) atoms. The molecule has 0 aliphatic heterocycles. The average Bonchev–Trinajstić information content (AvgIpc) is 3.22. The van der Waals surface area contributed by atoms with Crippen LogP contribution in [-0.4, -0.2) is 11.0 Å². The second-order valence-corrected chi connectivity index (χ2v) is 4.69. The van der Waals surface area contributed by atoms with Crippen molar-refractivity contribution in [1.29, 1.82) is 0 Å². The van der Waals surface area contributed by atoms with Crippen molar-refractivity contribution < 1.29 is 4.39 Å². The Morgan fingerprint density at radius 2 is 1.94 bits per heavy atom. The van der Waals surface area contributed by atoms with Crippen LogP contribution < -0.4 is 5.32 Å². The molecule has 92 valence electrons. The predicted molar refractivity (Wildman–Crippen MR) is 69.5 cm³/mol. The molecule has 3 rings (SSSR count). The highest BCUT2D eigenvalue weighted by Crippen LogP contribution is 2.26. The lowest BCUT2D eigenvalue weighted by molar-refractivity contribution is 0.625. The fourth-order valence-corrected chi connectivity index (χ4v) is 2.04. The summed E-state index contributed by atoms with van der Waals surface area (Å²) in [5, 5.41) is 3.46. The summed E-state index contributed by atoms with van der Waals surface area (Å²) < 4.78 is 13.4.